The Hall–Kier alpha value is -3.67. The Bertz CT molecular complexity index is 1010. The van der Waals surface area contributed by atoms with Crippen LogP contribution >= 0.6 is 0 Å². The SMILES string of the molecule is O=C(Nc1ccc(F)cc1)Nc1ccc(-c2cccc3c2CNC3=O)cc1. The maximum atomic E-state index is 12.9. The third-order valence-corrected chi connectivity index (χ3v) is 4.40. The van der Waals surface area contributed by atoms with E-state index in [1.54, 1.807) is 12.1 Å². The van der Waals surface area contributed by atoms with Crippen molar-refractivity contribution in [3.05, 3.63) is 83.7 Å². The van der Waals surface area contributed by atoms with Crippen molar-refractivity contribution < 1.29 is 14.0 Å². The van der Waals surface area contributed by atoms with Crippen molar-refractivity contribution in [3.8, 4) is 11.1 Å². The Morgan fingerprint density at radius 3 is 2.11 bits per heavy atom. The number of hydrogen-bond acceptors (Lipinski definition) is 2. The number of nitrogens with one attached hydrogen (secondary N) is 3. The highest BCUT2D eigenvalue weighted by atomic mass is 19.1. The van der Waals surface area contributed by atoms with Gasteiger partial charge in [0.05, 0.1) is 0 Å². The molecule has 134 valence electrons. The molecular formula is C21H16FN3O2. The summed E-state index contributed by atoms with van der Waals surface area (Å²) >= 11 is 0. The number of carbonyl (C=O) groups excluding carboxylic acids is 2. The minimum atomic E-state index is -0.412. The number of benzene rings is 3. The molecule has 0 bridgehead atoms. The summed E-state index contributed by atoms with van der Waals surface area (Å²) in [6.45, 7) is 0.518. The van der Waals surface area contributed by atoms with Gasteiger partial charge in [0.25, 0.3) is 5.91 Å². The first kappa shape index (κ1) is 16.8. The van der Waals surface area contributed by atoms with E-state index in [4.69, 9.17) is 0 Å². The lowest BCUT2D eigenvalue weighted by Crippen LogP contribution is -2.19. The maximum absolute atomic E-state index is 12.9. The molecule has 0 spiro atoms. The van der Waals surface area contributed by atoms with E-state index in [-0.39, 0.29) is 11.7 Å². The van der Waals surface area contributed by atoms with E-state index in [1.165, 1.54) is 24.3 Å². The van der Waals surface area contributed by atoms with Gasteiger partial charge in [-0.15, -0.1) is 0 Å². The fourth-order valence-corrected chi connectivity index (χ4v) is 3.08. The second-order valence-corrected chi connectivity index (χ2v) is 6.18. The Morgan fingerprint density at radius 1 is 0.852 bits per heavy atom. The summed E-state index contributed by atoms with van der Waals surface area (Å²) in [5.74, 6) is -0.413. The van der Waals surface area contributed by atoms with Gasteiger partial charge in [-0.1, -0.05) is 24.3 Å². The largest absolute Gasteiger partial charge is 0.348 e. The average Bonchev–Trinajstić information content (AvgIpc) is 3.06. The Morgan fingerprint density at radius 2 is 1.44 bits per heavy atom. The number of hydrogen-bond donors (Lipinski definition) is 3. The standard InChI is InChI=1S/C21H16FN3O2/c22-14-6-10-16(11-7-14)25-21(27)24-15-8-4-13(5-9-15)17-2-1-3-18-19(17)12-23-20(18)26/h1-11H,12H2,(H,23,26)(H2,24,25,27). The van der Waals surface area contributed by atoms with Gasteiger partial charge in [-0.3, -0.25) is 4.79 Å². The molecule has 6 heteroatoms. The van der Waals surface area contributed by atoms with Crippen LogP contribution in [0.4, 0.5) is 20.6 Å². The van der Waals surface area contributed by atoms with Gasteiger partial charge < -0.3 is 16.0 Å². The van der Waals surface area contributed by atoms with Gasteiger partial charge >= 0.3 is 6.03 Å². The van der Waals surface area contributed by atoms with Crippen molar-refractivity contribution >= 4 is 23.3 Å². The second kappa shape index (κ2) is 6.92. The number of fused-ring (bicyclic) bond motifs is 1. The summed E-state index contributed by atoms with van der Waals surface area (Å²) in [5.41, 5.74) is 4.77. The van der Waals surface area contributed by atoms with Crippen LogP contribution in [0.5, 0.6) is 0 Å². The van der Waals surface area contributed by atoms with Gasteiger partial charge in [0.2, 0.25) is 0 Å². The summed E-state index contributed by atoms with van der Waals surface area (Å²) in [5, 5.41) is 8.20. The van der Waals surface area contributed by atoms with Crippen LogP contribution in [0.25, 0.3) is 11.1 Å². The summed E-state index contributed by atoms with van der Waals surface area (Å²) in [6.07, 6.45) is 0. The van der Waals surface area contributed by atoms with E-state index in [1.807, 2.05) is 30.3 Å². The molecule has 3 amide bonds. The molecule has 3 aromatic carbocycles. The lowest BCUT2D eigenvalue weighted by Gasteiger charge is -2.10. The van der Waals surface area contributed by atoms with Crippen molar-refractivity contribution in [1.82, 2.24) is 5.32 Å². The van der Waals surface area contributed by atoms with Crippen LogP contribution in [0, 0.1) is 5.82 Å². The zero-order valence-electron chi connectivity index (χ0n) is 14.3. The first-order valence-electron chi connectivity index (χ1n) is 8.44. The minimum Gasteiger partial charge on any atom is -0.348 e. The number of urea groups is 1. The molecule has 0 fully saturated rings. The third kappa shape index (κ3) is 3.50. The van der Waals surface area contributed by atoms with E-state index >= 15 is 0 Å². The fourth-order valence-electron chi connectivity index (χ4n) is 3.08. The molecule has 0 saturated heterocycles. The summed E-state index contributed by atoms with van der Waals surface area (Å²) < 4.78 is 12.9. The zero-order chi connectivity index (χ0) is 18.8. The highest BCUT2D eigenvalue weighted by molar-refractivity contribution is 6.01. The fraction of sp³-hybridized carbons (Fsp3) is 0.0476. The maximum Gasteiger partial charge on any atom is 0.323 e. The van der Waals surface area contributed by atoms with Gasteiger partial charge in [0, 0.05) is 23.5 Å². The molecule has 5 nitrogen and oxygen atoms in total. The van der Waals surface area contributed by atoms with Gasteiger partial charge in [-0.05, 0) is 59.2 Å². The van der Waals surface area contributed by atoms with Crippen LogP contribution in [-0.2, 0) is 6.54 Å². The second-order valence-electron chi connectivity index (χ2n) is 6.18. The molecule has 4 rings (SSSR count). The summed E-state index contributed by atoms with van der Waals surface area (Å²) in [4.78, 5) is 23.9. The lowest BCUT2D eigenvalue weighted by molar-refractivity contribution is 0.0965. The predicted molar refractivity (Wildman–Crippen MR) is 102 cm³/mol. The molecule has 1 aliphatic heterocycles. The molecule has 0 aromatic heterocycles. The number of amides is 3. The summed E-state index contributed by atoms with van der Waals surface area (Å²) in [6, 6.07) is 18.2. The van der Waals surface area contributed by atoms with Crippen molar-refractivity contribution in [2.75, 3.05) is 10.6 Å². The van der Waals surface area contributed by atoms with Crippen LogP contribution in [0.3, 0.4) is 0 Å². The number of anilines is 2. The highest BCUT2D eigenvalue weighted by Crippen LogP contribution is 2.30. The molecule has 0 aliphatic carbocycles. The first-order valence-corrected chi connectivity index (χ1v) is 8.44. The molecule has 3 N–H and O–H groups in total. The molecule has 3 aromatic rings. The molecule has 0 atom stereocenters. The molecule has 1 heterocycles. The zero-order valence-corrected chi connectivity index (χ0v) is 14.3. The van der Waals surface area contributed by atoms with Crippen molar-refractivity contribution in [2.45, 2.75) is 6.54 Å². The van der Waals surface area contributed by atoms with Gasteiger partial charge in [-0.2, -0.15) is 0 Å². The van der Waals surface area contributed by atoms with E-state index in [9.17, 15) is 14.0 Å². The van der Waals surface area contributed by atoms with Crippen molar-refractivity contribution in [3.63, 3.8) is 0 Å². The molecule has 0 radical (unpaired) electrons. The van der Waals surface area contributed by atoms with Crippen LogP contribution in [0.1, 0.15) is 15.9 Å². The number of halogens is 1. The van der Waals surface area contributed by atoms with Gasteiger partial charge in [0.1, 0.15) is 5.82 Å². The molecular weight excluding hydrogens is 345 g/mol. The molecule has 27 heavy (non-hydrogen) atoms. The van der Waals surface area contributed by atoms with Crippen LogP contribution in [0.2, 0.25) is 0 Å². The highest BCUT2D eigenvalue weighted by Gasteiger charge is 2.21. The minimum absolute atomic E-state index is 0.0531. The van der Waals surface area contributed by atoms with Crippen LogP contribution < -0.4 is 16.0 Å². The van der Waals surface area contributed by atoms with Crippen molar-refractivity contribution in [2.24, 2.45) is 0 Å². The first-order chi connectivity index (χ1) is 13.1. The number of rotatable bonds is 3. The Labute approximate surface area is 155 Å². The van der Waals surface area contributed by atoms with E-state index in [2.05, 4.69) is 16.0 Å². The predicted octanol–water partition coefficient (Wildman–Crippen LogP) is 4.38. The molecule has 0 unspecified atom stereocenters. The quantitative estimate of drug-likeness (QED) is 0.648. The lowest BCUT2D eigenvalue weighted by atomic mass is 9.97. The number of carbonyl (C=O) groups is 2. The van der Waals surface area contributed by atoms with Crippen molar-refractivity contribution in [1.29, 1.82) is 0 Å². The van der Waals surface area contributed by atoms with E-state index < -0.39 is 6.03 Å². The normalized spacial score (nSPS) is 12.3. The Balaban J connectivity index is 1.47. The van der Waals surface area contributed by atoms with E-state index in [0.717, 1.165) is 16.7 Å². The van der Waals surface area contributed by atoms with Crippen LogP contribution in [0.15, 0.2) is 66.7 Å². The Kier molecular flexibility index (Phi) is 4.30. The monoisotopic (exact) mass is 361 g/mol. The molecule has 1 aliphatic rings. The van der Waals surface area contributed by atoms with E-state index in [0.29, 0.717) is 23.5 Å². The van der Waals surface area contributed by atoms with Gasteiger partial charge in [0.15, 0.2) is 0 Å². The van der Waals surface area contributed by atoms with Gasteiger partial charge in [-0.25, -0.2) is 9.18 Å². The topological polar surface area (TPSA) is 70.2 Å². The summed E-state index contributed by atoms with van der Waals surface area (Å²) in [7, 11) is 0. The van der Waals surface area contributed by atoms with Crippen LogP contribution in [-0.4, -0.2) is 11.9 Å². The smallest absolute Gasteiger partial charge is 0.323 e. The average molecular weight is 361 g/mol. The third-order valence-electron chi connectivity index (χ3n) is 4.40. The molecule has 0 saturated carbocycles.